The van der Waals surface area contributed by atoms with Gasteiger partial charge >= 0.3 is 0 Å². The molecule has 0 spiro atoms. The standard InChI is InChI=1S/C21H26N2O3S/c1-16-5-4-6-19(13-16)27(25,26)23-11-9-22(10-12-23)15-21(24)20-14-17(2)7-8-18(20)3/h4-8,13-14H,9-12,15H2,1-3H3. The molecule has 0 radical (unpaired) electrons. The molecule has 3 rings (SSSR count). The van der Waals surface area contributed by atoms with Gasteiger partial charge in [0, 0.05) is 31.7 Å². The van der Waals surface area contributed by atoms with Crippen molar-refractivity contribution in [1.29, 1.82) is 0 Å². The highest BCUT2D eigenvalue weighted by molar-refractivity contribution is 7.89. The molecule has 0 amide bonds. The van der Waals surface area contributed by atoms with Gasteiger partial charge in [0.25, 0.3) is 0 Å². The van der Waals surface area contributed by atoms with E-state index in [4.69, 9.17) is 0 Å². The summed E-state index contributed by atoms with van der Waals surface area (Å²) in [5.41, 5.74) is 3.72. The molecule has 1 fully saturated rings. The minimum atomic E-state index is -3.48. The second-order valence-electron chi connectivity index (χ2n) is 7.24. The molecule has 0 bridgehead atoms. The van der Waals surface area contributed by atoms with E-state index in [0.29, 0.717) is 37.6 Å². The first-order chi connectivity index (χ1) is 12.8. The summed E-state index contributed by atoms with van der Waals surface area (Å²) in [4.78, 5) is 15.0. The zero-order valence-corrected chi connectivity index (χ0v) is 16.9. The molecule has 0 N–H and O–H groups in total. The first kappa shape index (κ1) is 19.7. The monoisotopic (exact) mass is 386 g/mol. The van der Waals surface area contributed by atoms with Gasteiger partial charge in [-0.15, -0.1) is 0 Å². The number of ketones is 1. The minimum absolute atomic E-state index is 0.0891. The van der Waals surface area contributed by atoms with Crippen LogP contribution < -0.4 is 0 Å². The molecule has 1 aliphatic rings. The maximum absolute atomic E-state index is 12.8. The van der Waals surface area contributed by atoms with Crippen molar-refractivity contribution in [3.8, 4) is 0 Å². The van der Waals surface area contributed by atoms with Crippen molar-refractivity contribution in [2.24, 2.45) is 0 Å². The molecule has 1 heterocycles. The van der Waals surface area contributed by atoms with E-state index in [2.05, 4.69) is 0 Å². The van der Waals surface area contributed by atoms with Gasteiger partial charge in [-0.1, -0.05) is 29.8 Å². The Morgan fingerprint density at radius 2 is 1.59 bits per heavy atom. The summed E-state index contributed by atoms with van der Waals surface area (Å²) in [7, 11) is -3.48. The Hall–Kier alpha value is -2.02. The number of piperazine rings is 1. The van der Waals surface area contributed by atoms with E-state index in [1.54, 1.807) is 18.2 Å². The molecule has 2 aromatic rings. The van der Waals surface area contributed by atoms with Crippen molar-refractivity contribution < 1.29 is 13.2 Å². The van der Waals surface area contributed by atoms with E-state index in [0.717, 1.165) is 22.3 Å². The van der Waals surface area contributed by atoms with E-state index in [9.17, 15) is 13.2 Å². The zero-order valence-electron chi connectivity index (χ0n) is 16.1. The number of carbonyl (C=O) groups excluding carboxylic acids is 1. The van der Waals surface area contributed by atoms with Crippen LogP contribution in [0.1, 0.15) is 27.0 Å². The lowest BCUT2D eigenvalue weighted by Crippen LogP contribution is -2.49. The van der Waals surface area contributed by atoms with Crippen LogP contribution in [-0.4, -0.2) is 56.1 Å². The largest absolute Gasteiger partial charge is 0.293 e. The second kappa shape index (κ2) is 7.92. The second-order valence-corrected chi connectivity index (χ2v) is 9.18. The number of Topliss-reactive ketones (excluding diaryl/α,β-unsaturated/α-hetero) is 1. The summed E-state index contributed by atoms with van der Waals surface area (Å²) in [6.45, 7) is 8.04. The van der Waals surface area contributed by atoms with Crippen LogP contribution in [0, 0.1) is 20.8 Å². The molecular formula is C21H26N2O3S. The van der Waals surface area contributed by atoms with Crippen LogP contribution in [0.15, 0.2) is 47.4 Å². The van der Waals surface area contributed by atoms with E-state index >= 15 is 0 Å². The Balaban J connectivity index is 1.63. The normalized spacial score (nSPS) is 16.4. The van der Waals surface area contributed by atoms with Crippen LogP contribution in [0.4, 0.5) is 0 Å². The first-order valence-electron chi connectivity index (χ1n) is 9.17. The van der Waals surface area contributed by atoms with Gasteiger partial charge in [0.1, 0.15) is 0 Å². The van der Waals surface area contributed by atoms with Gasteiger partial charge in [0.15, 0.2) is 5.78 Å². The lowest BCUT2D eigenvalue weighted by Gasteiger charge is -2.33. The average molecular weight is 387 g/mol. The third-order valence-electron chi connectivity index (χ3n) is 5.02. The van der Waals surface area contributed by atoms with Crippen LogP contribution in [0.2, 0.25) is 0 Å². The molecule has 0 aliphatic carbocycles. The van der Waals surface area contributed by atoms with Crippen LogP contribution in [0.3, 0.4) is 0 Å². The van der Waals surface area contributed by atoms with Gasteiger partial charge < -0.3 is 0 Å². The maximum Gasteiger partial charge on any atom is 0.243 e. The van der Waals surface area contributed by atoms with Gasteiger partial charge in [-0.2, -0.15) is 4.31 Å². The molecule has 6 heteroatoms. The fraction of sp³-hybridized carbons (Fsp3) is 0.381. The molecule has 5 nitrogen and oxygen atoms in total. The minimum Gasteiger partial charge on any atom is -0.293 e. The molecule has 0 atom stereocenters. The van der Waals surface area contributed by atoms with E-state index in [-0.39, 0.29) is 5.78 Å². The fourth-order valence-electron chi connectivity index (χ4n) is 3.38. The number of hydrogen-bond acceptors (Lipinski definition) is 4. The molecule has 27 heavy (non-hydrogen) atoms. The Kier molecular flexibility index (Phi) is 5.79. The van der Waals surface area contributed by atoms with Crippen molar-refractivity contribution in [3.63, 3.8) is 0 Å². The maximum atomic E-state index is 12.8. The number of carbonyl (C=O) groups is 1. The van der Waals surface area contributed by atoms with Gasteiger partial charge in [-0.3, -0.25) is 9.69 Å². The average Bonchev–Trinajstić information content (AvgIpc) is 2.64. The number of aryl methyl sites for hydroxylation is 3. The number of sulfonamides is 1. The third kappa shape index (κ3) is 4.46. The van der Waals surface area contributed by atoms with Gasteiger partial charge in [0.05, 0.1) is 11.4 Å². The Bertz CT molecular complexity index is 946. The SMILES string of the molecule is Cc1cccc(S(=O)(=O)N2CCN(CC(=O)c3cc(C)ccc3C)CC2)c1. The summed E-state index contributed by atoms with van der Waals surface area (Å²) in [5.74, 6) is 0.0891. The third-order valence-corrected chi connectivity index (χ3v) is 6.91. The van der Waals surface area contributed by atoms with Gasteiger partial charge in [-0.05, 0) is 50.1 Å². The number of hydrogen-bond donors (Lipinski definition) is 0. The predicted octanol–water partition coefficient (Wildman–Crippen LogP) is 2.80. The highest BCUT2D eigenvalue weighted by atomic mass is 32.2. The van der Waals surface area contributed by atoms with Crippen molar-refractivity contribution in [2.75, 3.05) is 32.7 Å². The first-order valence-corrected chi connectivity index (χ1v) is 10.6. The zero-order chi connectivity index (χ0) is 19.6. The molecule has 2 aromatic carbocycles. The summed E-state index contributed by atoms with van der Waals surface area (Å²) < 4.78 is 27.1. The summed E-state index contributed by atoms with van der Waals surface area (Å²) in [6.07, 6.45) is 0. The van der Waals surface area contributed by atoms with Gasteiger partial charge in [0.2, 0.25) is 10.0 Å². The predicted molar refractivity (Wildman–Crippen MR) is 107 cm³/mol. The number of benzene rings is 2. The van der Waals surface area contributed by atoms with Crippen molar-refractivity contribution in [3.05, 3.63) is 64.7 Å². The van der Waals surface area contributed by atoms with E-state index in [1.165, 1.54) is 4.31 Å². The fourth-order valence-corrected chi connectivity index (χ4v) is 4.90. The molecular weight excluding hydrogens is 360 g/mol. The van der Waals surface area contributed by atoms with Crippen molar-refractivity contribution in [2.45, 2.75) is 25.7 Å². The van der Waals surface area contributed by atoms with Crippen LogP contribution in [0.5, 0.6) is 0 Å². The topological polar surface area (TPSA) is 57.7 Å². The van der Waals surface area contributed by atoms with Gasteiger partial charge in [-0.25, -0.2) is 8.42 Å². The van der Waals surface area contributed by atoms with Crippen LogP contribution in [-0.2, 0) is 10.0 Å². The Labute approximate surface area is 161 Å². The molecule has 0 aromatic heterocycles. The summed E-state index contributed by atoms with van der Waals surface area (Å²) in [5, 5.41) is 0. The molecule has 0 unspecified atom stereocenters. The van der Waals surface area contributed by atoms with Crippen molar-refractivity contribution >= 4 is 15.8 Å². The summed E-state index contributed by atoms with van der Waals surface area (Å²) in [6, 6.07) is 12.9. The summed E-state index contributed by atoms with van der Waals surface area (Å²) >= 11 is 0. The molecule has 1 saturated heterocycles. The number of rotatable bonds is 5. The Morgan fingerprint density at radius 1 is 0.926 bits per heavy atom. The molecule has 1 aliphatic heterocycles. The molecule has 0 saturated carbocycles. The molecule has 144 valence electrons. The van der Waals surface area contributed by atoms with E-state index in [1.807, 2.05) is 49.9 Å². The van der Waals surface area contributed by atoms with E-state index < -0.39 is 10.0 Å². The lowest BCUT2D eigenvalue weighted by atomic mass is 10.0. The Morgan fingerprint density at radius 3 is 2.26 bits per heavy atom. The number of nitrogens with zero attached hydrogens (tertiary/aromatic N) is 2. The highest BCUT2D eigenvalue weighted by Gasteiger charge is 2.29. The highest BCUT2D eigenvalue weighted by Crippen LogP contribution is 2.19. The van der Waals surface area contributed by atoms with Crippen LogP contribution >= 0.6 is 0 Å². The quantitative estimate of drug-likeness (QED) is 0.742. The lowest BCUT2D eigenvalue weighted by molar-refractivity contribution is 0.0901. The van der Waals surface area contributed by atoms with Crippen molar-refractivity contribution in [1.82, 2.24) is 9.21 Å². The smallest absolute Gasteiger partial charge is 0.243 e. The van der Waals surface area contributed by atoms with Crippen LogP contribution in [0.25, 0.3) is 0 Å².